The number of benzene rings is 1. The summed E-state index contributed by atoms with van der Waals surface area (Å²) in [5.41, 5.74) is 6.80. The summed E-state index contributed by atoms with van der Waals surface area (Å²) in [7, 11) is 1.59. The molecule has 3 nitrogen and oxygen atoms in total. The molecule has 0 saturated carbocycles. The van der Waals surface area contributed by atoms with Crippen molar-refractivity contribution in [1.82, 2.24) is 0 Å². The van der Waals surface area contributed by atoms with Crippen LogP contribution in [-0.2, 0) is 0 Å². The molecule has 1 atom stereocenters. The number of rotatable bonds is 6. The fourth-order valence-corrected chi connectivity index (χ4v) is 1.84. The first-order chi connectivity index (χ1) is 7.70. The minimum absolute atomic E-state index is 0.150. The van der Waals surface area contributed by atoms with Gasteiger partial charge in [-0.3, -0.25) is 0 Å². The third-order valence-corrected chi connectivity index (χ3v) is 2.75. The van der Waals surface area contributed by atoms with E-state index in [1.165, 1.54) is 12.8 Å². The number of aromatic hydroxyl groups is 1. The van der Waals surface area contributed by atoms with Gasteiger partial charge in [0.1, 0.15) is 11.5 Å². The van der Waals surface area contributed by atoms with E-state index in [0.29, 0.717) is 5.75 Å². The lowest BCUT2D eigenvalue weighted by atomic mass is 9.99. The maximum atomic E-state index is 9.79. The van der Waals surface area contributed by atoms with Gasteiger partial charge in [0.15, 0.2) is 0 Å². The molecule has 0 saturated heterocycles. The summed E-state index contributed by atoms with van der Waals surface area (Å²) in [6.07, 6.45) is 4.30. The number of hydrogen-bond acceptors (Lipinski definition) is 3. The molecule has 0 fully saturated rings. The van der Waals surface area contributed by atoms with Gasteiger partial charge in [-0.2, -0.15) is 0 Å². The fourth-order valence-electron chi connectivity index (χ4n) is 1.84. The Labute approximate surface area is 97.2 Å². The SMILES string of the molecule is CCCCC[C@H](N)c1c(O)cccc1OC. The van der Waals surface area contributed by atoms with E-state index in [1.54, 1.807) is 19.2 Å². The third kappa shape index (κ3) is 3.14. The highest BCUT2D eigenvalue weighted by Gasteiger charge is 2.15. The summed E-state index contributed by atoms with van der Waals surface area (Å²) in [6, 6.07) is 5.09. The molecule has 0 aliphatic carbocycles. The van der Waals surface area contributed by atoms with E-state index < -0.39 is 0 Å². The number of unbranched alkanes of at least 4 members (excludes halogenated alkanes) is 2. The molecule has 0 aromatic heterocycles. The number of phenols is 1. The molecule has 1 aromatic carbocycles. The van der Waals surface area contributed by atoms with Crippen molar-refractivity contribution in [2.45, 2.75) is 38.6 Å². The Morgan fingerprint density at radius 3 is 2.75 bits per heavy atom. The molecule has 0 amide bonds. The van der Waals surface area contributed by atoms with Gasteiger partial charge in [-0.1, -0.05) is 32.3 Å². The summed E-state index contributed by atoms with van der Waals surface area (Å²) in [5, 5.41) is 9.79. The van der Waals surface area contributed by atoms with Crippen LogP contribution in [0.15, 0.2) is 18.2 Å². The molecule has 0 radical (unpaired) electrons. The number of methoxy groups -OCH3 is 1. The molecule has 90 valence electrons. The first-order valence-corrected chi connectivity index (χ1v) is 5.82. The van der Waals surface area contributed by atoms with Crippen LogP contribution >= 0.6 is 0 Å². The van der Waals surface area contributed by atoms with E-state index >= 15 is 0 Å². The van der Waals surface area contributed by atoms with Crippen LogP contribution in [0.25, 0.3) is 0 Å². The second kappa shape index (κ2) is 6.38. The van der Waals surface area contributed by atoms with Crippen molar-refractivity contribution >= 4 is 0 Å². The second-order valence-corrected chi connectivity index (χ2v) is 4.00. The Hall–Kier alpha value is -1.22. The molecular weight excluding hydrogens is 202 g/mol. The van der Waals surface area contributed by atoms with E-state index in [-0.39, 0.29) is 11.8 Å². The van der Waals surface area contributed by atoms with Gasteiger partial charge in [0, 0.05) is 6.04 Å². The maximum Gasteiger partial charge on any atom is 0.127 e. The van der Waals surface area contributed by atoms with E-state index in [0.717, 1.165) is 18.4 Å². The highest BCUT2D eigenvalue weighted by atomic mass is 16.5. The molecule has 16 heavy (non-hydrogen) atoms. The Morgan fingerprint density at radius 1 is 1.38 bits per heavy atom. The second-order valence-electron chi connectivity index (χ2n) is 4.00. The standard InChI is InChI=1S/C13H21NO2/c1-3-4-5-7-10(14)13-11(15)8-6-9-12(13)16-2/h6,8-10,15H,3-5,7,14H2,1-2H3/t10-/m0/s1. The Kier molecular flexibility index (Phi) is 5.12. The lowest BCUT2D eigenvalue weighted by Gasteiger charge is -2.16. The van der Waals surface area contributed by atoms with Gasteiger partial charge < -0.3 is 15.6 Å². The van der Waals surface area contributed by atoms with E-state index in [2.05, 4.69) is 6.92 Å². The number of ether oxygens (including phenoxy) is 1. The van der Waals surface area contributed by atoms with Crippen molar-refractivity contribution in [3.63, 3.8) is 0 Å². The zero-order valence-corrected chi connectivity index (χ0v) is 10.1. The van der Waals surface area contributed by atoms with Crippen LogP contribution in [0.2, 0.25) is 0 Å². The highest BCUT2D eigenvalue weighted by molar-refractivity contribution is 5.45. The van der Waals surface area contributed by atoms with E-state index in [9.17, 15) is 5.11 Å². The monoisotopic (exact) mass is 223 g/mol. The van der Waals surface area contributed by atoms with Crippen LogP contribution in [-0.4, -0.2) is 12.2 Å². The molecule has 0 bridgehead atoms. The van der Waals surface area contributed by atoms with Crippen molar-refractivity contribution in [3.05, 3.63) is 23.8 Å². The molecular formula is C13H21NO2. The van der Waals surface area contributed by atoms with Crippen LogP contribution in [0.1, 0.15) is 44.2 Å². The van der Waals surface area contributed by atoms with Crippen molar-refractivity contribution in [2.24, 2.45) is 5.73 Å². The van der Waals surface area contributed by atoms with Crippen LogP contribution < -0.4 is 10.5 Å². The van der Waals surface area contributed by atoms with Gasteiger partial charge in [0.25, 0.3) is 0 Å². The molecule has 0 spiro atoms. The summed E-state index contributed by atoms with van der Waals surface area (Å²) >= 11 is 0. The molecule has 3 N–H and O–H groups in total. The average molecular weight is 223 g/mol. The number of phenolic OH excluding ortho intramolecular Hbond substituents is 1. The van der Waals surface area contributed by atoms with Crippen molar-refractivity contribution in [2.75, 3.05) is 7.11 Å². The minimum Gasteiger partial charge on any atom is -0.507 e. The third-order valence-electron chi connectivity index (χ3n) is 2.75. The smallest absolute Gasteiger partial charge is 0.127 e. The summed E-state index contributed by atoms with van der Waals surface area (Å²) < 4.78 is 5.21. The van der Waals surface area contributed by atoms with Gasteiger partial charge in [-0.15, -0.1) is 0 Å². The van der Waals surface area contributed by atoms with Crippen molar-refractivity contribution < 1.29 is 9.84 Å². The minimum atomic E-state index is -0.150. The maximum absolute atomic E-state index is 9.79. The predicted molar refractivity (Wildman–Crippen MR) is 65.7 cm³/mol. The van der Waals surface area contributed by atoms with Gasteiger partial charge in [0.2, 0.25) is 0 Å². The predicted octanol–water partition coefficient (Wildman–Crippen LogP) is 2.98. The highest BCUT2D eigenvalue weighted by Crippen LogP contribution is 2.34. The quantitative estimate of drug-likeness (QED) is 0.729. The van der Waals surface area contributed by atoms with Crippen LogP contribution in [0, 0.1) is 0 Å². The molecule has 0 unspecified atom stereocenters. The average Bonchev–Trinajstić information content (AvgIpc) is 2.28. The molecule has 1 rings (SSSR count). The molecule has 3 heteroatoms. The zero-order chi connectivity index (χ0) is 12.0. The Bertz CT molecular complexity index is 326. The molecule has 0 aliphatic rings. The van der Waals surface area contributed by atoms with Crippen LogP contribution in [0.3, 0.4) is 0 Å². The topological polar surface area (TPSA) is 55.5 Å². The lowest BCUT2D eigenvalue weighted by Crippen LogP contribution is -2.11. The van der Waals surface area contributed by atoms with Crippen molar-refractivity contribution in [3.8, 4) is 11.5 Å². The van der Waals surface area contributed by atoms with Crippen LogP contribution in [0.5, 0.6) is 11.5 Å². The molecule has 0 heterocycles. The van der Waals surface area contributed by atoms with Crippen molar-refractivity contribution in [1.29, 1.82) is 0 Å². The number of nitrogens with two attached hydrogens (primary N) is 1. The largest absolute Gasteiger partial charge is 0.507 e. The molecule has 0 aliphatic heterocycles. The van der Waals surface area contributed by atoms with Gasteiger partial charge >= 0.3 is 0 Å². The van der Waals surface area contributed by atoms with Crippen LogP contribution in [0.4, 0.5) is 0 Å². The Balaban J connectivity index is 2.76. The fraction of sp³-hybridized carbons (Fsp3) is 0.538. The summed E-state index contributed by atoms with van der Waals surface area (Å²) in [4.78, 5) is 0. The van der Waals surface area contributed by atoms with Gasteiger partial charge in [0.05, 0.1) is 12.7 Å². The summed E-state index contributed by atoms with van der Waals surface area (Å²) in [6.45, 7) is 2.16. The Morgan fingerprint density at radius 2 is 2.12 bits per heavy atom. The molecule has 1 aromatic rings. The zero-order valence-electron chi connectivity index (χ0n) is 10.1. The van der Waals surface area contributed by atoms with E-state index in [4.69, 9.17) is 10.5 Å². The van der Waals surface area contributed by atoms with Gasteiger partial charge in [-0.05, 0) is 18.6 Å². The van der Waals surface area contributed by atoms with Gasteiger partial charge in [-0.25, -0.2) is 0 Å². The first-order valence-electron chi connectivity index (χ1n) is 5.82. The lowest BCUT2D eigenvalue weighted by molar-refractivity contribution is 0.390. The summed E-state index contributed by atoms with van der Waals surface area (Å²) in [5.74, 6) is 0.896. The first kappa shape index (κ1) is 12.8. The normalized spacial score (nSPS) is 12.4. The number of hydrogen-bond donors (Lipinski definition) is 2. The van der Waals surface area contributed by atoms with E-state index in [1.807, 2.05) is 6.07 Å².